The molecule has 3 aromatic rings. The molecule has 0 bridgehead atoms. The van der Waals surface area contributed by atoms with E-state index in [1.165, 1.54) is 12.4 Å². The van der Waals surface area contributed by atoms with Gasteiger partial charge in [-0.05, 0) is 33.8 Å². The molecule has 3 rings (SSSR count). The van der Waals surface area contributed by atoms with Crippen molar-refractivity contribution in [1.29, 1.82) is 0 Å². The van der Waals surface area contributed by atoms with Crippen LogP contribution in [0.25, 0.3) is 16.9 Å². The van der Waals surface area contributed by atoms with Gasteiger partial charge in [0.15, 0.2) is 22.9 Å². The molecule has 0 aromatic carbocycles. The zero-order valence-corrected chi connectivity index (χ0v) is 16.2. The number of pyridine rings is 1. The molecule has 0 amide bonds. The number of hydrogen-bond donors (Lipinski definition) is 0. The minimum Gasteiger partial charge on any atom is -0.460 e. The molecular weight excluding hydrogens is 394 g/mol. The monoisotopic (exact) mass is 413 g/mol. The predicted octanol–water partition coefficient (Wildman–Crippen LogP) is 4.14. The molecule has 0 aliphatic heterocycles. The van der Waals surface area contributed by atoms with Gasteiger partial charge in [0.2, 0.25) is 0 Å². The third kappa shape index (κ3) is 4.14. The molecule has 156 valence electrons. The zero-order valence-electron chi connectivity index (χ0n) is 16.2. The fourth-order valence-electron chi connectivity index (χ4n) is 2.51. The fraction of sp³-hybridized carbons (Fsp3) is 0.444. The number of ether oxygens (including phenoxy) is 2. The van der Waals surface area contributed by atoms with Crippen molar-refractivity contribution in [1.82, 2.24) is 24.6 Å². The van der Waals surface area contributed by atoms with Crippen LogP contribution in [0.15, 0.2) is 24.7 Å². The Morgan fingerprint density at radius 3 is 2.48 bits per heavy atom. The Morgan fingerprint density at radius 1 is 1.14 bits per heavy atom. The summed E-state index contributed by atoms with van der Waals surface area (Å²) in [4.78, 5) is 7.89. The van der Waals surface area contributed by atoms with E-state index in [4.69, 9.17) is 9.47 Å². The summed E-state index contributed by atoms with van der Waals surface area (Å²) in [5.41, 5.74) is -1.54. The van der Waals surface area contributed by atoms with E-state index in [1.807, 2.05) is 13.8 Å². The summed E-state index contributed by atoms with van der Waals surface area (Å²) in [7, 11) is 0. The van der Waals surface area contributed by atoms with E-state index in [0.717, 1.165) is 19.9 Å². The van der Waals surface area contributed by atoms with Crippen LogP contribution in [0.4, 0.5) is 17.6 Å². The number of aromatic nitrogens is 5. The normalized spacial score (nSPS) is 13.7. The Labute approximate surface area is 163 Å². The van der Waals surface area contributed by atoms with E-state index >= 15 is 0 Å². The maximum atomic E-state index is 14.4. The zero-order chi connectivity index (χ0) is 21.4. The standard InChI is InChI=1S/C18H19F4N5O2/c1-5-28-10(2)15-26-25-14-8-23-13(9-27(14)15)11-6-12(19)16(24-7-11)29-17(3,4)18(20,21)22/h6-10H,5H2,1-4H3. The summed E-state index contributed by atoms with van der Waals surface area (Å²) >= 11 is 0. The van der Waals surface area contributed by atoms with Crippen molar-refractivity contribution in [2.75, 3.05) is 6.61 Å². The van der Waals surface area contributed by atoms with Gasteiger partial charge in [0.25, 0.3) is 5.88 Å². The third-order valence-electron chi connectivity index (χ3n) is 4.24. The summed E-state index contributed by atoms with van der Waals surface area (Å²) < 4.78 is 65.2. The Hall–Kier alpha value is -2.82. The van der Waals surface area contributed by atoms with Gasteiger partial charge in [-0.2, -0.15) is 13.2 Å². The van der Waals surface area contributed by atoms with Crippen LogP contribution in [-0.4, -0.2) is 43.0 Å². The molecule has 0 spiro atoms. The first-order valence-electron chi connectivity index (χ1n) is 8.77. The molecule has 29 heavy (non-hydrogen) atoms. The highest BCUT2D eigenvalue weighted by Crippen LogP contribution is 2.34. The highest BCUT2D eigenvalue weighted by Gasteiger charge is 2.50. The topological polar surface area (TPSA) is 74.4 Å². The van der Waals surface area contributed by atoms with Crippen molar-refractivity contribution >= 4 is 5.65 Å². The molecule has 1 unspecified atom stereocenters. The predicted molar refractivity (Wildman–Crippen MR) is 94.8 cm³/mol. The number of fused-ring (bicyclic) bond motifs is 1. The number of nitrogens with zero attached hydrogens (tertiary/aromatic N) is 5. The average Bonchev–Trinajstić information content (AvgIpc) is 3.05. The summed E-state index contributed by atoms with van der Waals surface area (Å²) in [6.45, 7) is 5.74. The first kappa shape index (κ1) is 20.9. The summed E-state index contributed by atoms with van der Waals surface area (Å²) in [6.07, 6.45) is -0.805. The van der Waals surface area contributed by atoms with Crippen LogP contribution in [-0.2, 0) is 4.74 Å². The number of alkyl halides is 3. The Morgan fingerprint density at radius 2 is 1.86 bits per heavy atom. The van der Waals surface area contributed by atoms with Crippen molar-refractivity contribution in [2.45, 2.75) is 45.6 Å². The molecule has 0 radical (unpaired) electrons. The van der Waals surface area contributed by atoms with Crippen LogP contribution in [0.3, 0.4) is 0 Å². The van der Waals surface area contributed by atoms with E-state index in [-0.39, 0.29) is 11.7 Å². The second kappa shape index (κ2) is 7.54. The van der Waals surface area contributed by atoms with Gasteiger partial charge in [-0.1, -0.05) is 0 Å². The number of hydrogen-bond acceptors (Lipinski definition) is 6. The van der Waals surface area contributed by atoms with E-state index < -0.39 is 23.5 Å². The van der Waals surface area contributed by atoms with Gasteiger partial charge in [0.05, 0.1) is 11.9 Å². The number of rotatable bonds is 6. The molecule has 7 nitrogen and oxygen atoms in total. The van der Waals surface area contributed by atoms with E-state index in [9.17, 15) is 17.6 Å². The van der Waals surface area contributed by atoms with Crippen molar-refractivity contribution < 1.29 is 27.0 Å². The molecule has 3 heterocycles. The first-order chi connectivity index (χ1) is 13.5. The molecule has 0 saturated heterocycles. The largest absolute Gasteiger partial charge is 0.460 e. The second-order valence-electron chi connectivity index (χ2n) is 6.78. The second-order valence-corrected chi connectivity index (χ2v) is 6.78. The molecule has 3 aromatic heterocycles. The SMILES string of the molecule is CCOC(C)c1nnc2cnc(-c3cnc(OC(C)(C)C(F)(F)F)c(F)c3)cn12. The average molecular weight is 413 g/mol. The van der Waals surface area contributed by atoms with Gasteiger partial charge in [-0.25, -0.2) is 9.37 Å². The molecule has 0 N–H and O–H groups in total. The lowest BCUT2D eigenvalue weighted by atomic mass is 10.1. The van der Waals surface area contributed by atoms with Crippen LogP contribution in [0.5, 0.6) is 5.88 Å². The van der Waals surface area contributed by atoms with Gasteiger partial charge in [0.1, 0.15) is 6.10 Å². The lowest BCUT2D eigenvalue weighted by Crippen LogP contribution is -2.45. The van der Waals surface area contributed by atoms with Crippen molar-refractivity contribution in [3.63, 3.8) is 0 Å². The fourth-order valence-corrected chi connectivity index (χ4v) is 2.51. The minimum absolute atomic E-state index is 0.255. The maximum Gasteiger partial charge on any atom is 0.427 e. The van der Waals surface area contributed by atoms with Crippen molar-refractivity contribution in [3.8, 4) is 17.1 Å². The minimum atomic E-state index is -4.69. The molecule has 1 atom stereocenters. The summed E-state index contributed by atoms with van der Waals surface area (Å²) in [5, 5.41) is 8.08. The lowest BCUT2D eigenvalue weighted by Gasteiger charge is -2.28. The first-order valence-corrected chi connectivity index (χ1v) is 8.77. The summed E-state index contributed by atoms with van der Waals surface area (Å²) in [5.74, 6) is -1.24. The molecule has 0 fully saturated rings. The van der Waals surface area contributed by atoms with E-state index in [0.29, 0.717) is 23.8 Å². The molecular formula is C18H19F4N5O2. The van der Waals surface area contributed by atoms with Crippen LogP contribution >= 0.6 is 0 Å². The molecule has 0 aliphatic rings. The molecule has 0 aliphatic carbocycles. The van der Waals surface area contributed by atoms with Crippen LogP contribution in [0.2, 0.25) is 0 Å². The smallest absolute Gasteiger partial charge is 0.427 e. The Bertz CT molecular complexity index is 1020. The highest BCUT2D eigenvalue weighted by molar-refractivity contribution is 5.59. The highest BCUT2D eigenvalue weighted by atomic mass is 19.4. The lowest BCUT2D eigenvalue weighted by molar-refractivity contribution is -0.235. The molecule has 11 heteroatoms. The van der Waals surface area contributed by atoms with Gasteiger partial charge in [-0.3, -0.25) is 9.38 Å². The van der Waals surface area contributed by atoms with Gasteiger partial charge in [0, 0.05) is 24.6 Å². The van der Waals surface area contributed by atoms with Gasteiger partial charge >= 0.3 is 6.18 Å². The van der Waals surface area contributed by atoms with Crippen LogP contribution < -0.4 is 4.74 Å². The van der Waals surface area contributed by atoms with Gasteiger partial charge < -0.3 is 9.47 Å². The maximum absolute atomic E-state index is 14.4. The summed E-state index contributed by atoms with van der Waals surface area (Å²) in [6, 6.07) is 1.01. The van der Waals surface area contributed by atoms with Crippen LogP contribution in [0, 0.1) is 5.82 Å². The van der Waals surface area contributed by atoms with Crippen molar-refractivity contribution in [2.24, 2.45) is 0 Å². The molecule has 0 saturated carbocycles. The van der Waals surface area contributed by atoms with E-state index in [1.54, 1.807) is 10.6 Å². The van der Waals surface area contributed by atoms with E-state index in [2.05, 4.69) is 20.2 Å². The Kier molecular flexibility index (Phi) is 5.44. The van der Waals surface area contributed by atoms with Crippen molar-refractivity contribution in [3.05, 3.63) is 36.3 Å². The Balaban J connectivity index is 1.94. The third-order valence-corrected chi connectivity index (χ3v) is 4.24. The quantitative estimate of drug-likeness (QED) is 0.566. The van der Waals surface area contributed by atoms with Crippen LogP contribution in [0.1, 0.15) is 39.6 Å². The van der Waals surface area contributed by atoms with Gasteiger partial charge in [-0.15, -0.1) is 10.2 Å². The number of halogens is 4.